The van der Waals surface area contributed by atoms with E-state index >= 15 is 0 Å². The van der Waals surface area contributed by atoms with Crippen molar-refractivity contribution < 1.29 is 0 Å². The summed E-state index contributed by atoms with van der Waals surface area (Å²) in [7, 11) is 0. The Morgan fingerprint density at radius 3 is 2.72 bits per heavy atom. The molecule has 0 aromatic rings. The average molecular weight is 342 g/mol. The van der Waals surface area contributed by atoms with E-state index in [1.165, 1.54) is 17.6 Å². The molecule has 25 heavy (non-hydrogen) atoms. The van der Waals surface area contributed by atoms with Gasteiger partial charge in [-0.1, -0.05) is 33.6 Å². The number of aliphatic imine (C=N–C) groups is 2. The Balaban J connectivity index is 2.32. The summed E-state index contributed by atoms with van der Waals surface area (Å²) in [5, 5.41) is 0. The zero-order valence-corrected chi connectivity index (χ0v) is 15.8. The van der Waals surface area contributed by atoms with Gasteiger partial charge < -0.3 is 15.5 Å². The van der Waals surface area contributed by atoms with E-state index in [1.54, 1.807) is 0 Å². The Morgan fingerprint density at radius 1 is 1.40 bits per heavy atom. The lowest BCUT2D eigenvalue weighted by Crippen LogP contribution is -2.48. The Kier molecular flexibility index (Phi) is 6.23. The number of piperidine rings is 1. The standard InChI is InChI=1S/C20H31N5/c1-7-14(3)24-11-9-10-18(12-24)25-16(5)19(8-2)15(4)20(25)23-13-22-17(6)21/h7,13,15,18H,1,3,6,8-12,21H2,2,4-5H3. The Morgan fingerprint density at radius 2 is 2.12 bits per heavy atom. The number of likely N-dealkylation sites (tertiary alicyclic amines) is 1. The third-order valence-electron chi connectivity index (χ3n) is 5.18. The average Bonchev–Trinajstić information content (AvgIpc) is 2.83. The lowest BCUT2D eigenvalue weighted by Gasteiger charge is -2.40. The summed E-state index contributed by atoms with van der Waals surface area (Å²) in [6.45, 7) is 20.2. The Labute approximate surface area is 152 Å². The van der Waals surface area contributed by atoms with E-state index in [4.69, 9.17) is 5.73 Å². The number of hydrogen-bond donors (Lipinski definition) is 1. The minimum atomic E-state index is 0.271. The van der Waals surface area contributed by atoms with Gasteiger partial charge in [0.25, 0.3) is 0 Å². The molecule has 0 bridgehead atoms. The summed E-state index contributed by atoms with van der Waals surface area (Å²) in [4.78, 5) is 13.4. The molecule has 5 heteroatoms. The Hall–Kier alpha value is -2.30. The zero-order valence-electron chi connectivity index (χ0n) is 15.8. The first kappa shape index (κ1) is 19.0. The Bertz CT molecular complexity index is 640. The summed E-state index contributed by atoms with van der Waals surface area (Å²) < 4.78 is 0. The molecule has 136 valence electrons. The van der Waals surface area contributed by atoms with Crippen molar-refractivity contribution in [3.63, 3.8) is 0 Å². The van der Waals surface area contributed by atoms with Gasteiger partial charge in [0.1, 0.15) is 18.0 Å². The number of hydrogen-bond acceptors (Lipinski definition) is 3. The molecule has 2 unspecified atom stereocenters. The van der Waals surface area contributed by atoms with Gasteiger partial charge in [0.05, 0.1) is 6.04 Å². The molecule has 0 radical (unpaired) electrons. The van der Waals surface area contributed by atoms with Crippen LogP contribution in [0.3, 0.4) is 0 Å². The fourth-order valence-electron chi connectivity index (χ4n) is 3.92. The molecule has 2 heterocycles. The van der Waals surface area contributed by atoms with Gasteiger partial charge in [-0.05, 0) is 37.8 Å². The fourth-order valence-corrected chi connectivity index (χ4v) is 3.92. The first-order chi connectivity index (χ1) is 11.9. The third kappa shape index (κ3) is 4.03. The van der Waals surface area contributed by atoms with Crippen LogP contribution < -0.4 is 5.73 Å². The molecule has 0 spiro atoms. The van der Waals surface area contributed by atoms with Crippen LogP contribution in [0, 0.1) is 5.92 Å². The maximum absolute atomic E-state index is 5.53. The van der Waals surface area contributed by atoms with Gasteiger partial charge in [-0.25, -0.2) is 9.98 Å². The number of nitrogens with zero attached hydrogens (tertiary/aromatic N) is 4. The van der Waals surface area contributed by atoms with Crippen LogP contribution in [0.2, 0.25) is 0 Å². The van der Waals surface area contributed by atoms with Crippen LogP contribution in [0.4, 0.5) is 0 Å². The van der Waals surface area contributed by atoms with Gasteiger partial charge in [0.15, 0.2) is 0 Å². The van der Waals surface area contributed by atoms with Crippen molar-refractivity contribution in [3.05, 3.63) is 48.6 Å². The topological polar surface area (TPSA) is 57.2 Å². The van der Waals surface area contributed by atoms with Crippen molar-refractivity contribution in [3.8, 4) is 0 Å². The van der Waals surface area contributed by atoms with E-state index in [0.717, 1.165) is 43.9 Å². The summed E-state index contributed by atoms with van der Waals surface area (Å²) in [5.41, 5.74) is 9.29. The first-order valence-corrected chi connectivity index (χ1v) is 9.00. The monoisotopic (exact) mass is 341 g/mol. The van der Waals surface area contributed by atoms with Gasteiger partial charge in [0, 0.05) is 30.4 Å². The molecule has 0 aromatic heterocycles. The zero-order chi connectivity index (χ0) is 18.6. The highest BCUT2D eigenvalue weighted by Crippen LogP contribution is 2.36. The predicted molar refractivity (Wildman–Crippen MR) is 107 cm³/mol. The fraction of sp³-hybridized carbons (Fsp3) is 0.500. The molecule has 1 fully saturated rings. The van der Waals surface area contributed by atoms with E-state index in [-0.39, 0.29) is 5.82 Å². The van der Waals surface area contributed by atoms with Crippen LogP contribution in [-0.4, -0.2) is 41.1 Å². The van der Waals surface area contributed by atoms with Gasteiger partial charge in [-0.3, -0.25) is 0 Å². The molecule has 0 aromatic carbocycles. The summed E-state index contributed by atoms with van der Waals surface area (Å²) in [6, 6.07) is 0.380. The van der Waals surface area contributed by atoms with Gasteiger partial charge in [-0.2, -0.15) is 0 Å². The van der Waals surface area contributed by atoms with Crippen molar-refractivity contribution in [2.45, 2.75) is 46.1 Å². The number of amidine groups is 1. The molecule has 0 aliphatic carbocycles. The van der Waals surface area contributed by atoms with Gasteiger partial charge >= 0.3 is 0 Å². The second-order valence-corrected chi connectivity index (χ2v) is 6.72. The van der Waals surface area contributed by atoms with Crippen LogP contribution >= 0.6 is 0 Å². The lowest BCUT2D eigenvalue weighted by molar-refractivity contribution is 0.196. The first-order valence-electron chi connectivity index (χ1n) is 9.00. The van der Waals surface area contributed by atoms with Gasteiger partial charge in [-0.15, -0.1) is 0 Å². The quantitative estimate of drug-likeness (QED) is 0.456. The van der Waals surface area contributed by atoms with Gasteiger partial charge in [0.2, 0.25) is 0 Å². The van der Waals surface area contributed by atoms with Crippen molar-refractivity contribution in [1.29, 1.82) is 0 Å². The normalized spacial score (nSPS) is 26.0. The number of nitrogens with two attached hydrogens (primary N) is 1. The molecular formula is C20H31N5. The van der Waals surface area contributed by atoms with Crippen LogP contribution in [0.25, 0.3) is 0 Å². The second-order valence-electron chi connectivity index (χ2n) is 6.72. The van der Waals surface area contributed by atoms with E-state index in [1.807, 2.05) is 6.08 Å². The molecular weight excluding hydrogens is 310 g/mol. The maximum atomic E-state index is 5.53. The maximum Gasteiger partial charge on any atom is 0.119 e. The van der Waals surface area contributed by atoms with E-state index in [9.17, 15) is 0 Å². The predicted octanol–water partition coefficient (Wildman–Crippen LogP) is 3.64. The summed E-state index contributed by atoms with van der Waals surface area (Å²) in [6.07, 6.45) is 6.67. The van der Waals surface area contributed by atoms with E-state index in [0.29, 0.717) is 12.0 Å². The van der Waals surface area contributed by atoms with Crippen LogP contribution in [0.15, 0.2) is 58.6 Å². The minimum absolute atomic E-state index is 0.271. The minimum Gasteiger partial charge on any atom is -0.384 e. The molecule has 2 aliphatic rings. The highest BCUT2D eigenvalue weighted by molar-refractivity contribution is 5.96. The molecule has 1 saturated heterocycles. The molecule has 0 amide bonds. The SMILES string of the molecule is C=CC(=C)N1CCCC(N2C(=NC=NC(=C)N)C(C)C(CC)=C2C)C1. The highest BCUT2D eigenvalue weighted by atomic mass is 15.3. The number of rotatable bonds is 6. The smallest absolute Gasteiger partial charge is 0.119 e. The number of allylic oxidation sites excluding steroid dienone is 2. The molecule has 2 rings (SSSR count). The van der Waals surface area contributed by atoms with Crippen molar-refractivity contribution in [1.82, 2.24) is 9.80 Å². The summed E-state index contributed by atoms with van der Waals surface area (Å²) >= 11 is 0. The van der Waals surface area contributed by atoms with Crippen molar-refractivity contribution in [2.24, 2.45) is 21.6 Å². The second kappa shape index (κ2) is 8.19. The largest absolute Gasteiger partial charge is 0.384 e. The van der Waals surface area contributed by atoms with Crippen molar-refractivity contribution >= 4 is 12.2 Å². The molecule has 2 atom stereocenters. The molecule has 0 saturated carbocycles. The lowest BCUT2D eigenvalue weighted by atomic mass is 10.00. The van der Waals surface area contributed by atoms with Crippen LogP contribution in [-0.2, 0) is 0 Å². The summed E-state index contributed by atoms with van der Waals surface area (Å²) in [5.74, 6) is 1.61. The molecule has 5 nitrogen and oxygen atoms in total. The van der Waals surface area contributed by atoms with Crippen molar-refractivity contribution in [2.75, 3.05) is 13.1 Å². The highest BCUT2D eigenvalue weighted by Gasteiger charge is 2.37. The van der Waals surface area contributed by atoms with Crippen LogP contribution in [0.5, 0.6) is 0 Å². The third-order valence-corrected chi connectivity index (χ3v) is 5.18. The molecule has 2 N–H and O–H groups in total. The van der Waals surface area contributed by atoms with Crippen LogP contribution in [0.1, 0.15) is 40.0 Å². The van der Waals surface area contributed by atoms with E-state index in [2.05, 4.69) is 60.3 Å². The van der Waals surface area contributed by atoms with E-state index < -0.39 is 0 Å². The molecule has 2 aliphatic heterocycles.